The van der Waals surface area contributed by atoms with Crippen molar-refractivity contribution in [2.45, 2.75) is 18.9 Å². The molecule has 1 saturated carbocycles. The normalized spacial score (nSPS) is 16.3. The molecule has 0 aliphatic heterocycles. The Balaban J connectivity index is 1.80. The van der Waals surface area contributed by atoms with Crippen molar-refractivity contribution in [1.29, 1.82) is 0 Å². The Bertz CT molecular complexity index is 486. The molecule has 1 aliphatic rings. The first-order valence-electron chi connectivity index (χ1n) is 6.40. The summed E-state index contributed by atoms with van der Waals surface area (Å²) in [7, 11) is 1.70. The molecule has 1 unspecified atom stereocenters. The molecular formula is C15H18N2O. The van der Waals surface area contributed by atoms with Gasteiger partial charge in [-0.2, -0.15) is 0 Å². The summed E-state index contributed by atoms with van der Waals surface area (Å²) in [6, 6.07) is 12.8. The third-order valence-electron chi connectivity index (χ3n) is 3.46. The van der Waals surface area contributed by atoms with Gasteiger partial charge in [0.15, 0.2) is 0 Å². The number of ether oxygens (including phenoxy) is 1. The lowest BCUT2D eigenvalue weighted by Gasteiger charge is -2.21. The number of benzene rings is 1. The topological polar surface area (TPSA) is 26.2 Å². The molecule has 1 aromatic carbocycles. The first-order valence-corrected chi connectivity index (χ1v) is 6.40. The van der Waals surface area contributed by atoms with Gasteiger partial charge in [-0.25, -0.2) is 0 Å². The van der Waals surface area contributed by atoms with Crippen LogP contribution in [0.5, 0.6) is 5.75 Å². The van der Waals surface area contributed by atoms with E-state index in [1.807, 2.05) is 41.3 Å². The van der Waals surface area contributed by atoms with E-state index >= 15 is 0 Å². The molecule has 3 nitrogen and oxygen atoms in total. The maximum atomic E-state index is 5.21. The van der Waals surface area contributed by atoms with Crippen molar-refractivity contribution in [3.8, 4) is 5.75 Å². The summed E-state index contributed by atoms with van der Waals surface area (Å²) in [5.74, 6) is 1.66. The molecule has 1 atom stereocenters. The molecule has 1 aliphatic carbocycles. The predicted molar refractivity (Wildman–Crippen MR) is 72.3 cm³/mol. The second-order valence-electron chi connectivity index (χ2n) is 4.81. The highest BCUT2D eigenvalue weighted by Crippen LogP contribution is 2.41. The van der Waals surface area contributed by atoms with Crippen LogP contribution >= 0.6 is 0 Å². The third kappa shape index (κ3) is 2.35. The van der Waals surface area contributed by atoms with Crippen LogP contribution in [0.1, 0.15) is 24.4 Å². The number of hydrogen-bond acceptors (Lipinski definition) is 2. The standard InChI is InChI=1S/C15H18N2O/c1-18-14-8-6-13(7-9-14)15(12-4-5-12)16-17-10-2-3-11-17/h2-3,6-12,15-16H,4-5H2,1H3. The van der Waals surface area contributed by atoms with E-state index in [-0.39, 0.29) is 0 Å². The van der Waals surface area contributed by atoms with E-state index in [1.54, 1.807) is 7.11 Å². The summed E-state index contributed by atoms with van der Waals surface area (Å²) in [5, 5.41) is 0. The molecule has 1 heterocycles. The van der Waals surface area contributed by atoms with Gasteiger partial charge in [0.2, 0.25) is 0 Å². The summed E-state index contributed by atoms with van der Waals surface area (Å²) >= 11 is 0. The zero-order chi connectivity index (χ0) is 12.4. The van der Waals surface area contributed by atoms with E-state index in [4.69, 9.17) is 4.74 Å². The molecule has 18 heavy (non-hydrogen) atoms. The molecule has 0 spiro atoms. The second kappa shape index (κ2) is 4.77. The van der Waals surface area contributed by atoms with Gasteiger partial charge in [0.25, 0.3) is 0 Å². The van der Waals surface area contributed by atoms with Gasteiger partial charge < -0.3 is 10.2 Å². The molecule has 1 aromatic heterocycles. The number of nitrogens with one attached hydrogen (secondary N) is 1. The fraction of sp³-hybridized carbons (Fsp3) is 0.333. The highest BCUT2D eigenvalue weighted by molar-refractivity contribution is 5.31. The molecule has 1 N–H and O–H groups in total. The van der Waals surface area contributed by atoms with E-state index in [9.17, 15) is 0 Å². The predicted octanol–water partition coefficient (Wildman–Crippen LogP) is 3.19. The maximum Gasteiger partial charge on any atom is 0.118 e. The number of nitrogens with zero attached hydrogens (tertiary/aromatic N) is 1. The average Bonchev–Trinajstić information content (AvgIpc) is 3.13. The lowest BCUT2D eigenvalue weighted by Crippen LogP contribution is -2.21. The minimum absolute atomic E-state index is 0.392. The van der Waals surface area contributed by atoms with Gasteiger partial charge in [0, 0.05) is 12.4 Å². The molecule has 0 radical (unpaired) electrons. The minimum atomic E-state index is 0.392. The number of aromatic nitrogens is 1. The summed E-state index contributed by atoms with van der Waals surface area (Å²) < 4.78 is 7.24. The summed E-state index contributed by atoms with van der Waals surface area (Å²) in [6.45, 7) is 0. The Hall–Kier alpha value is -1.90. The lowest BCUT2D eigenvalue weighted by molar-refractivity contribution is 0.414. The fourth-order valence-electron chi connectivity index (χ4n) is 2.27. The van der Waals surface area contributed by atoms with Crippen LogP contribution in [0, 0.1) is 5.92 Å². The van der Waals surface area contributed by atoms with Gasteiger partial charge in [-0.15, -0.1) is 0 Å². The summed E-state index contributed by atoms with van der Waals surface area (Å²) in [4.78, 5) is 0. The van der Waals surface area contributed by atoms with Gasteiger partial charge in [0.1, 0.15) is 5.75 Å². The Morgan fingerprint density at radius 3 is 2.39 bits per heavy atom. The van der Waals surface area contributed by atoms with Crippen molar-refractivity contribution < 1.29 is 4.74 Å². The smallest absolute Gasteiger partial charge is 0.118 e. The van der Waals surface area contributed by atoms with E-state index in [1.165, 1.54) is 18.4 Å². The van der Waals surface area contributed by atoms with Crippen molar-refractivity contribution in [1.82, 2.24) is 4.68 Å². The minimum Gasteiger partial charge on any atom is -0.497 e. The van der Waals surface area contributed by atoms with Crippen LogP contribution < -0.4 is 10.2 Å². The third-order valence-corrected chi connectivity index (χ3v) is 3.46. The lowest BCUT2D eigenvalue weighted by atomic mass is 10.0. The Morgan fingerprint density at radius 1 is 1.17 bits per heavy atom. The number of hydrogen-bond donors (Lipinski definition) is 1. The quantitative estimate of drug-likeness (QED) is 0.871. The molecule has 0 saturated heterocycles. The largest absolute Gasteiger partial charge is 0.497 e. The molecule has 94 valence electrons. The van der Waals surface area contributed by atoms with Crippen molar-refractivity contribution in [2.24, 2.45) is 5.92 Å². The van der Waals surface area contributed by atoms with Gasteiger partial charge in [-0.3, -0.25) is 4.68 Å². The molecule has 3 heteroatoms. The van der Waals surface area contributed by atoms with Crippen LogP contribution in [0.4, 0.5) is 0 Å². The highest BCUT2D eigenvalue weighted by atomic mass is 16.5. The average molecular weight is 242 g/mol. The van der Waals surface area contributed by atoms with E-state index in [0.717, 1.165) is 11.7 Å². The summed E-state index contributed by atoms with van der Waals surface area (Å²) in [6.07, 6.45) is 6.70. The van der Waals surface area contributed by atoms with Crippen LogP contribution in [0.2, 0.25) is 0 Å². The molecule has 2 aromatic rings. The summed E-state index contributed by atoms with van der Waals surface area (Å²) in [5.41, 5.74) is 4.88. The van der Waals surface area contributed by atoms with Crippen LogP contribution in [-0.4, -0.2) is 11.8 Å². The van der Waals surface area contributed by atoms with Crippen molar-refractivity contribution >= 4 is 0 Å². The van der Waals surface area contributed by atoms with Gasteiger partial charge in [-0.1, -0.05) is 12.1 Å². The molecule has 1 fully saturated rings. The molecule has 3 rings (SSSR count). The SMILES string of the molecule is COc1ccc(C(Nn2cccc2)C2CC2)cc1. The molecule has 0 bridgehead atoms. The van der Waals surface area contributed by atoms with E-state index in [2.05, 4.69) is 17.6 Å². The zero-order valence-electron chi connectivity index (χ0n) is 10.5. The Morgan fingerprint density at radius 2 is 1.83 bits per heavy atom. The number of methoxy groups -OCH3 is 1. The Kier molecular flexibility index (Phi) is 2.97. The first-order chi connectivity index (χ1) is 8.86. The van der Waals surface area contributed by atoms with Crippen LogP contribution in [0.3, 0.4) is 0 Å². The fourth-order valence-corrected chi connectivity index (χ4v) is 2.27. The highest BCUT2D eigenvalue weighted by Gasteiger charge is 2.32. The van der Waals surface area contributed by atoms with Crippen molar-refractivity contribution in [3.63, 3.8) is 0 Å². The van der Waals surface area contributed by atoms with Crippen LogP contribution in [0.15, 0.2) is 48.8 Å². The van der Waals surface area contributed by atoms with Gasteiger partial charge in [0.05, 0.1) is 13.2 Å². The van der Waals surface area contributed by atoms with Crippen molar-refractivity contribution in [3.05, 3.63) is 54.4 Å². The monoisotopic (exact) mass is 242 g/mol. The Labute approximate surface area is 107 Å². The number of rotatable bonds is 5. The van der Waals surface area contributed by atoms with Crippen molar-refractivity contribution in [2.75, 3.05) is 12.5 Å². The van der Waals surface area contributed by atoms with Crippen LogP contribution in [0.25, 0.3) is 0 Å². The van der Waals surface area contributed by atoms with Crippen LogP contribution in [-0.2, 0) is 0 Å². The first kappa shape index (κ1) is 11.2. The molecule has 0 amide bonds. The van der Waals surface area contributed by atoms with Gasteiger partial charge >= 0.3 is 0 Å². The van der Waals surface area contributed by atoms with E-state index in [0.29, 0.717) is 6.04 Å². The van der Waals surface area contributed by atoms with Gasteiger partial charge in [-0.05, 0) is 48.6 Å². The molecular weight excluding hydrogens is 224 g/mol. The second-order valence-corrected chi connectivity index (χ2v) is 4.81. The van der Waals surface area contributed by atoms with E-state index < -0.39 is 0 Å². The zero-order valence-corrected chi connectivity index (χ0v) is 10.5. The maximum absolute atomic E-state index is 5.21.